The van der Waals surface area contributed by atoms with Crippen LogP contribution in [0.2, 0.25) is 0 Å². The summed E-state index contributed by atoms with van der Waals surface area (Å²) in [6.07, 6.45) is 7.11. The summed E-state index contributed by atoms with van der Waals surface area (Å²) >= 11 is 0. The zero-order chi connectivity index (χ0) is 11.5. The highest BCUT2D eigenvalue weighted by atomic mass is 15.2. The molecule has 86 valence electrons. The number of unbranched alkanes of at least 4 members (excludes halogenated alkanes) is 1. The molecule has 0 amide bonds. The predicted octanol–water partition coefficient (Wildman–Crippen LogP) is 2.16. The van der Waals surface area contributed by atoms with Gasteiger partial charge in [0.05, 0.1) is 18.0 Å². The van der Waals surface area contributed by atoms with Crippen molar-refractivity contribution in [2.45, 2.75) is 39.2 Å². The molecule has 0 aromatic carbocycles. The monoisotopic (exact) mass is 219 g/mol. The summed E-state index contributed by atoms with van der Waals surface area (Å²) in [4.78, 5) is 4.28. The topological polar surface area (TPSA) is 69.6 Å². The Morgan fingerprint density at radius 2 is 2.31 bits per heavy atom. The fraction of sp³-hybridized carbons (Fsp3) is 0.545. The first-order valence-corrected chi connectivity index (χ1v) is 5.67. The normalized spacial score (nSPS) is 13.1. The Labute approximate surface area is 94.7 Å². The van der Waals surface area contributed by atoms with Crippen LogP contribution in [0.3, 0.4) is 0 Å². The van der Waals surface area contributed by atoms with Crippen LogP contribution in [-0.2, 0) is 0 Å². The molecule has 2 aromatic rings. The van der Waals surface area contributed by atoms with Gasteiger partial charge in [-0.05, 0) is 13.3 Å². The second-order valence-corrected chi connectivity index (χ2v) is 4.11. The maximum Gasteiger partial charge on any atom is 0.174 e. The number of nitrogens with two attached hydrogens (primary N) is 1. The highest BCUT2D eigenvalue weighted by molar-refractivity contribution is 5.83. The highest BCUT2D eigenvalue weighted by Crippen LogP contribution is 2.22. The van der Waals surface area contributed by atoms with Gasteiger partial charge in [0.15, 0.2) is 5.82 Å². The summed E-state index contributed by atoms with van der Waals surface area (Å²) in [7, 11) is 0. The van der Waals surface area contributed by atoms with Crippen LogP contribution in [0.15, 0.2) is 12.5 Å². The van der Waals surface area contributed by atoms with Gasteiger partial charge in [0.25, 0.3) is 0 Å². The van der Waals surface area contributed by atoms with Gasteiger partial charge in [0.1, 0.15) is 5.52 Å². The van der Waals surface area contributed by atoms with E-state index in [0.29, 0.717) is 11.9 Å². The molecule has 0 saturated carbocycles. The molecule has 1 atom stereocenters. The molecule has 0 bridgehead atoms. The first-order chi connectivity index (χ1) is 7.74. The molecule has 0 aliphatic heterocycles. The lowest BCUT2D eigenvalue weighted by Crippen LogP contribution is -2.04. The van der Waals surface area contributed by atoms with Crippen molar-refractivity contribution in [1.29, 1.82) is 0 Å². The minimum Gasteiger partial charge on any atom is -0.380 e. The van der Waals surface area contributed by atoms with E-state index in [2.05, 4.69) is 33.6 Å². The number of hydrogen-bond donors (Lipinski definition) is 1. The second-order valence-electron chi connectivity index (χ2n) is 4.11. The first kappa shape index (κ1) is 10.9. The van der Waals surface area contributed by atoms with E-state index in [1.807, 2.05) is 6.33 Å². The molecular formula is C11H17N5. The summed E-state index contributed by atoms with van der Waals surface area (Å²) in [5.74, 6) is 0.402. The summed E-state index contributed by atoms with van der Waals surface area (Å²) in [5.41, 5.74) is 7.44. The van der Waals surface area contributed by atoms with Crippen LogP contribution in [-0.4, -0.2) is 19.7 Å². The lowest BCUT2D eigenvalue weighted by Gasteiger charge is -2.13. The predicted molar refractivity (Wildman–Crippen MR) is 64.0 cm³/mol. The van der Waals surface area contributed by atoms with Gasteiger partial charge in [0, 0.05) is 6.04 Å². The van der Waals surface area contributed by atoms with Gasteiger partial charge in [0.2, 0.25) is 0 Å². The number of anilines is 1. The third kappa shape index (κ3) is 1.85. The van der Waals surface area contributed by atoms with Crippen LogP contribution < -0.4 is 5.73 Å². The Morgan fingerprint density at radius 3 is 3.06 bits per heavy atom. The molecule has 0 aliphatic rings. The minimum atomic E-state index is 0.402. The summed E-state index contributed by atoms with van der Waals surface area (Å²) in [6, 6.07) is 0.425. The molecule has 1 unspecified atom stereocenters. The number of aromatic nitrogens is 4. The van der Waals surface area contributed by atoms with Crippen molar-refractivity contribution >= 4 is 16.9 Å². The summed E-state index contributed by atoms with van der Waals surface area (Å²) in [6.45, 7) is 4.38. The molecule has 2 aromatic heterocycles. The lowest BCUT2D eigenvalue weighted by molar-refractivity contribution is 0.495. The zero-order valence-corrected chi connectivity index (χ0v) is 9.72. The summed E-state index contributed by atoms with van der Waals surface area (Å²) in [5, 5.41) is 7.67. The van der Waals surface area contributed by atoms with Gasteiger partial charge in [-0.25, -0.2) is 4.98 Å². The van der Waals surface area contributed by atoms with E-state index in [1.165, 1.54) is 12.8 Å². The van der Waals surface area contributed by atoms with Crippen LogP contribution in [0.4, 0.5) is 5.82 Å². The largest absolute Gasteiger partial charge is 0.380 e. The summed E-state index contributed by atoms with van der Waals surface area (Å²) < 4.78 is 2.12. The van der Waals surface area contributed by atoms with E-state index in [1.54, 1.807) is 6.20 Å². The van der Waals surface area contributed by atoms with Crippen LogP contribution in [0.1, 0.15) is 39.2 Å². The van der Waals surface area contributed by atoms with Crippen molar-refractivity contribution in [1.82, 2.24) is 19.7 Å². The molecule has 0 aliphatic carbocycles. The van der Waals surface area contributed by atoms with Crippen LogP contribution in [0.5, 0.6) is 0 Å². The molecule has 0 fully saturated rings. The zero-order valence-electron chi connectivity index (χ0n) is 9.72. The molecule has 2 N–H and O–H groups in total. The molecule has 2 heterocycles. The van der Waals surface area contributed by atoms with Crippen molar-refractivity contribution in [3.05, 3.63) is 12.5 Å². The van der Waals surface area contributed by atoms with Crippen molar-refractivity contribution in [3.8, 4) is 0 Å². The first-order valence-electron chi connectivity index (χ1n) is 5.67. The Hall–Kier alpha value is -1.65. The van der Waals surface area contributed by atoms with Crippen molar-refractivity contribution in [2.75, 3.05) is 5.73 Å². The minimum absolute atomic E-state index is 0.402. The molecular weight excluding hydrogens is 202 g/mol. The smallest absolute Gasteiger partial charge is 0.174 e. The molecule has 0 spiro atoms. The molecule has 0 radical (unpaired) electrons. The molecule has 2 rings (SSSR count). The van der Waals surface area contributed by atoms with Crippen LogP contribution in [0, 0.1) is 0 Å². The fourth-order valence-electron chi connectivity index (χ4n) is 1.88. The quantitative estimate of drug-likeness (QED) is 0.855. The van der Waals surface area contributed by atoms with Gasteiger partial charge < -0.3 is 10.3 Å². The maximum absolute atomic E-state index is 5.72. The number of rotatable bonds is 4. The van der Waals surface area contributed by atoms with E-state index >= 15 is 0 Å². The van der Waals surface area contributed by atoms with Gasteiger partial charge in [-0.1, -0.05) is 19.8 Å². The van der Waals surface area contributed by atoms with Crippen molar-refractivity contribution in [2.24, 2.45) is 0 Å². The lowest BCUT2D eigenvalue weighted by atomic mass is 10.1. The second kappa shape index (κ2) is 4.47. The van der Waals surface area contributed by atoms with Crippen molar-refractivity contribution < 1.29 is 0 Å². The van der Waals surface area contributed by atoms with Crippen LogP contribution >= 0.6 is 0 Å². The van der Waals surface area contributed by atoms with E-state index in [-0.39, 0.29) is 0 Å². The molecule has 5 nitrogen and oxygen atoms in total. The van der Waals surface area contributed by atoms with E-state index in [0.717, 1.165) is 17.5 Å². The average molecular weight is 219 g/mol. The molecule has 16 heavy (non-hydrogen) atoms. The Balaban J connectivity index is 2.34. The molecule has 0 saturated heterocycles. The SMILES string of the molecule is CCCCC(C)n1cnc2c(N)nncc21. The standard InChI is InChI=1S/C11H17N5/c1-3-4-5-8(2)16-7-13-10-9(16)6-14-15-11(10)12/h6-8H,3-5H2,1-2H3,(H2,12,15). The maximum atomic E-state index is 5.72. The van der Waals surface area contributed by atoms with Crippen molar-refractivity contribution in [3.63, 3.8) is 0 Å². The Kier molecular flexibility index (Phi) is 3.03. The average Bonchev–Trinajstić information content (AvgIpc) is 2.71. The third-order valence-corrected chi connectivity index (χ3v) is 2.87. The fourth-order valence-corrected chi connectivity index (χ4v) is 1.88. The number of nitrogen functional groups attached to an aromatic ring is 1. The Morgan fingerprint density at radius 1 is 1.50 bits per heavy atom. The number of nitrogens with zero attached hydrogens (tertiary/aromatic N) is 4. The third-order valence-electron chi connectivity index (χ3n) is 2.87. The number of imidazole rings is 1. The number of hydrogen-bond acceptors (Lipinski definition) is 4. The Bertz CT molecular complexity index is 476. The number of fused-ring (bicyclic) bond motifs is 1. The van der Waals surface area contributed by atoms with E-state index in [9.17, 15) is 0 Å². The van der Waals surface area contributed by atoms with Gasteiger partial charge in [-0.3, -0.25) is 0 Å². The van der Waals surface area contributed by atoms with E-state index in [4.69, 9.17) is 5.73 Å². The van der Waals surface area contributed by atoms with Gasteiger partial charge >= 0.3 is 0 Å². The van der Waals surface area contributed by atoms with Gasteiger partial charge in [-0.15, -0.1) is 5.10 Å². The van der Waals surface area contributed by atoms with Crippen LogP contribution in [0.25, 0.3) is 11.0 Å². The highest BCUT2D eigenvalue weighted by Gasteiger charge is 2.11. The molecule has 5 heteroatoms. The van der Waals surface area contributed by atoms with Gasteiger partial charge in [-0.2, -0.15) is 5.10 Å². The van der Waals surface area contributed by atoms with E-state index < -0.39 is 0 Å².